The van der Waals surface area contributed by atoms with E-state index in [4.69, 9.17) is 4.74 Å². The fourth-order valence-electron chi connectivity index (χ4n) is 5.69. The molecule has 0 atom stereocenters. The first-order valence-electron chi connectivity index (χ1n) is 14.2. The maximum atomic E-state index is 13.6. The number of anilines is 2. The quantitative estimate of drug-likeness (QED) is 0.326. The molecule has 2 fully saturated rings. The molecule has 226 valence electrons. The van der Waals surface area contributed by atoms with Gasteiger partial charge < -0.3 is 24.8 Å². The summed E-state index contributed by atoms with van der Waals surface area (Å²) in [6, 6.07) is 14.1. The highest BCUT2D eigenvalue weighted by Crippen LogP contribution is 2.31. The molecule has 2 aliphatic rings. The van der Waals surface area contributed by atoms with Gasteiger partial charge in [0, 0.05) is 55.1 Å². The van der Waals surface area contributed by atoms with Gasteiger partial charge >= 0.3 is 6.18 Å². The van der Waals surface area contributed by atoms with E-state index < -0.39 is 22.7 Å². The zero-order valence-corrected chi connectivity index (χ0v) is 24.3. The van der Waals surface area contributed by atoms with Crippen LogP contribution in [0.15, 0.2) is 53.4 Å². The number of fused-ring (bicyclic) bond motifs is 1. The van der Waals surface area contributed by atoms with Crippen molar-refractivity contribution in [2.45, 2.75) is 55.4 Å². The van der Waals surface area contributed by atoms with E-state index in [0.717, 1.165) is 57.7 Å². The van der Waals surface area contributed by atoms with Crippen LogP contribution in [-0.4, -0.2) is 76.0 Å². The number of nitrogens with one attached hydrogen (secondary N) is 3. The van der Waals surface area contributed by atoms with Crippen molar-refractivity contribution in [3.8, 4) is 11.8 Å². The molecule has 42 heavy (non-hydrogen) atoms. The van der Waals surface area contributed by atoms with E-state index in [1.165, 1.54) is 23.7 Å². The van der Waals surface area contributed by atoms with Gasteiger partial charge in [-0.15, -0.1) is 0 Å². The molecule has 3 heterocycles. The highest BCUT2D eigenvalue weighted by atomic mass is 32.2. The number of benzene rings is 2. The summed E-state index contributed by atoms with van der Waals surface area (Å²) in [5.74, 6) is 5.83. The molecule has 0 radical (unpaired) electrons. The summed E-state index contributed by atoms with van der Waals surface area (Å²) < 4.78 is 73.5. The van der Waals surface area contributed by atoms with E-state index in [1.807, 2.05) is 6.07 Å². The summed E-state index contributed by atoms with van der Waals surface area (Å²) in [4.78, 5) is 2.68. The van der Waals surface area contributed by atoms with Crippen molar-refractivity contribution in [1.82, 2.24) is 14.2 Å². The molecule has 0 spiro atoms. The Balaban J connectivity index is 1.29. The number of ether oxygens (including phenoxy) is 1. The van der Waals surface area contributed by atoms with E-state index in [-0.39, 0.29) is 23.2 Å². The fourth-order valence-corrected chi connectivity index (χ4v) is 6.42. The van der Waals surface area contributed by atoms with Gasteiger partial charge in [0.15, 0.2) is 0 Å². The molecule has 8 nitrogen and oxygen atoms in total. The normalized spacial score (nSPS) is 17.6. The Morgan fingerprint density at radius 3 is 2.40 bits per heavy atom. The average molecular weight is 604 g/mol. The predicted octanol–water partition coefficient (Wildman–Crippen LogP) is 4.63. The monoisotopic (exact) mass is 603 g/mol. The molecule has 2 saturated heterocycles. The van der Waals surface area contributed by atoms with Crippen molar-refractivity contribution < 1.29 is 26.3 Å². The number of hydrogen-bond donors (Lipinski definition) is 3. The Kier molecular flexibility index (Phi) is 9.32. The van der Waals surface area contributed by atoms with Gasteiger partial charge in [0.05, 0.1) is 22.7 Å². The summed E-state index contributed by atoms with van der Waals surface area (Å²) in [6.45, 7) is 2.65. The second-order valence-corrected chi connectivity index (χ2v) is 12.5. The minimum absolute atomic E-state index is 0.132. The lowest BCUT2D eigenvalue weighted by Crippen LogP contribution is -2.46. The van der Waals surface area contributed by atoms with Crippen molar-refractivity contribution in [1.29, 1.82) is 0 Å². The van der Waals surface area contributed by atoms with Crippen molar-refractivity contribution in [2.75, 3.05) is 50.5 Å². The van der Waals surface area contributed by atoms with Gasteiger partial charge in [-0.1, -0.05) is 12.0 Å². The van der Waals surface area contributed by atoms with Crippen LogP contribution in [0.25, 0.3) is 10.9 Å². The van der Waals surface area contributed by atoms with Crippen LogP contribution in [0.3, 0.4) is 0 Å². The summed E-state index contributed by atoms with van der Waals surface area (Å²) in [5, 5.41) is 7.38. The molecule has 0 aliphatic carbocycles. The third-order valence-corrected chi connectivity index (χ3v) is 9.34. The van der Waals surface area contributed by atoms with Gasteiger partial charge in [-0.25, -0.2) is 13.1 Å². The first-order valence-corrected chi connectivity index (χ1v) is 15.6. The molecule has 0 amide bonds. The van der Waals surface area contributed by atoms with E-state index in [1.54, 1.807) is 30.3 Å². The largest absolute Gasteiger partial charge is 0.406 e. The van der Waals surface area contributed by atoms with Crippen molar-refractivity contribution in [3.05, 3.63) is 54.2 Å². The Labute approximate surface area is 244 Å². The highest BCUT2D eigenvalue weighted by molar-refractivity contribution is 7.89. The van der Waals surface area contributed by atoms with Crippen LogP contribution >= 0.6 is 0 Å². The average Bonchev–Trinajstić information content (AvgIpc) is 3.33. The van der Waals surface area contributed by atoms with Crippen LogP contribution in [0, 0.1) is 11.8 Å². The van der Waals surface area contributed by atoms with Crippen molar-refractivity contribution in [3.63, 3.8) is 0 Å². The number of likely N-dealkylation sites (tertiary alicyclic amines) is 1. The Morgan fingerprint density at radius 2 is 1.74 bits per heavy atom. The van der Waals surface area contributed by atoms with E-state index in [9.17, 15) is 21.6 Å². The number of nitrogens with zero attached hydrogens (tertiary/aromatic N) is 2. The fraction of sp³-hybridized carbons (Fsp3) is 0.467. The van der Waals surface area contributed by atoms with Crippen LogP contribution in [0.4, 0.5) is 24.5 Å². The van der Waals surface area contributed by atoms with Crippen LogP contribution in [-0.2, 0) is 21.3 Å². The highest BCUT2D eigenvalue weighted by Gasteiger charge is 2.30. The van der Waals surface area contributed by atoms with E-state index in [0.29, 0.717) is 22.6 Å². The third-order valence-electron chi connectivity index (χ3n) is 7.91. The van der Waals surface area contributed by atoms with Gasteiger partial charge in [-0.2, -0.15) is 13.2 Å². The van der Waals surface area contributed by atoms with Gasteiger partial charge in [0.25, 0.3) is 0 Å². The molecule has 0 bridgehead atoms. The van der Waals surface area contributed by atoms with Gasteiger partial charge in [-0.3, -0.25) is 0 Å². The van der Waals surface area contributed by atoms with Gasteiger partial charge in [-0.05, 0) is 81.1 Å². The van der Waals surface area contributed by atoms with Gasteiger partial charge in [0.2, 0.25) is 10.0 Å². The molecule has 3 aromatic rings. The molecule has 2 aromatic carbocycles. The second kappa shape index (κ2) is 13.0. The zero-order valence-electron chi connectivity index (χ0n) is 23.5. The number of hydrogen-bond acceptors (Lipinski definition) is 6. The number of piperidine rings is 1. The van der Waals surface area contributed by atoms with E-state index >= 15 is 0 Å². The summed E-state index contributed by atoms with van der Waals surface area (Å²) >= 11 is 0. The Morgan fingerprint density at radius 1 is 1.02 bits per heavy atom. The number of halogens is 3. The minimum atomic E-state index is -4.41. The number of rotatable bonds is 8. The maximum absolute atomic E-state index is 13.6. The van der Waals surface area contributed by atoms with Crippen molar-refractivity contribution in [2.24, 2.45) is 0 Å². The first kappa shape index (κ1) is 30.2. The standard InChI is InChI=1S/C30H36F3N5O3S/c1-34-42(39,40)26-9-7-22(8-10-26)35-15-3-4-25-20-27-28(5-2-6-29(27)38(25)21-30(31,32)33)36-23-11-16-37(17-12-23)24-13-18-41-19-14-24/h2,5-10,20,23-24,34-36H,11-19,21H2,1H3. The minimum Gasteiger partial charge on any atom is -0.382 e. The lowest BCUT2D eigenvalue weighted by molar-refractivity contribution is -0.140. The molecule has 0 unspecified atom stereocenters. The maximum Gasteiger partial charge on any atom is 0.406 e. The molecule has 3 N–H and O–H groups in total. The summed E-state index contributed by atoms with van der Waals surface area (Å²) in [6.07, 6.45) is -0.335. The lowest BCUT2D eigenvalue weighted by atomic mass is 9.99. The lowest BCUT2D eigenvalue weighted by Gasteiger charge is -2.39. The Bertz CT molecular complexity index is 1530. The number of alkyl halides is 3. The number of aromatic nitrogens is 1. The molecule has 12 heteroatoms. The van der Waals surface area contributed by atoms with Crippen LogP contribution in [0.5, 0.6) is 0 Å². The molecule has 1 aromatic heterocycles. The number of sulfonamides is 1. The van der Waals surface area contributed by atoms with Crippen LogP contribution < -0.4 is 15.4 Å². The van der Waals surface area contributed by atoms with Crippen LogP contribution in [0.1, 0.15) is 31.4 Å². The molecular weight excluding hydrogens is 567 g/mol. The Hall–Kier alpha value is -3.24. The predicted molar refractivity (Wildman–Crippen MR) is 158 cm³/mol. The third kappa shape index (κ3) is 7.39. The molecule has 0 saturated carbocycles. The topological polar surface area (TPSA) is 87.6 Å². The van der Waals surface area contributed by atoms with E-state index in [2.05, 4.69) is 32.1 Å². The zero-order chi connectivity index (χ0) is 29.7. The second-order valence-electron chi connectivity index (χ2n) is 10.7. The van der Waals surface area contributed by atoms with Gasteiger partial charge in [0.1, 0.15) is 6.54 Å². The van der Waals surface area contributed by atoms with Crippen LogP contribution in [0.2, 0.25) is 0 Å². The SMILES string of the molecule is CNS(=O)(=O)c1ccc(NCC#Cc2cc3c(NC4CCN(C5CCOCC5)CC4)cccc3n2CC(F)(F)F)cc1. The molecule has 5 rings (SSSR count). The first-order chi connectivity index (χ1) is 20.1. The summed E-state index contributed by atoms with van der Waals surface area (Å²) in [5.41, 5.74) is 2.22. The smallest absolute Gasteiger partial charge is 0.382 e. The molecular formula is C30H36F3N5O3S. The molecule has 2 aliphatic heterocycles. The summed E-state index contributed by atoms with van der Waals surface area (Å²) in [7, 11) is -2.20. The van der Waals surface area contributed by atoms with Crippen molar-refractivity contribution >= 4 is 32.3 Å².